The lowest BCUT2D eigenvalue weighted by Gasteiger charge is -2.43. The first kappa shape index (κ1) is 33.7. The Balaban J connectivity index is 1.48. The van der Waals surface area contributed by atoms with Gasteiger partial charge in [0.25, 0.3) is 11.8 Å². The molecule has 14 heteroatoms. The number of benzene rings is 2. The number of carbonyl (C=O) groups is 2. The third kappa shape index (κ3) is 7.35. The average Bonchev–Trinajstić information content (AvgIpc) is 3.57. The molecule has 9 nitrogen and oxygen atoms in total. The molecular weight excluding hydrogens is 640 g/mol. The van der Waals surface area contributed by atoms with Crippen molar-refractivity contribution in [1.82, 2.24) is 25.2 Å². The summed E-state index contributed by atoms with van der Waals surface area (Å²) in [5.41, 5.74) is -1.04. The number of halogens is 5. The van der Waals surface area contributed by atoms with E-state index in [0.717, 1.165) is 12.1 Å². The molecule has 47 heavy (non-hydrogen) atoms. The fourth-order valence-electron chi connectivity index (χ4n) is 5.71. The van der Waals surface area contributed by atoms with E-state index in [1.165, 1.54) is 17.2 Å². The Labute approximate surface area is 273 Å². The smallest absolute Gasteiger partial charge is 0.417 e. The summed E-state index contributed by atoms with van der Waals surface area (Å²) in [6.45, 7) is 4.33. The van der Waals surface area contributed by atoms with Crippen LogP contribution in [0.25, 0.3) is 11.1 Å². The summed E-state index contributed by atoms with van der Waals surface area (Å²) < 4.78 is 63.7. The predicted molar refractivity (Wildman–Crippen MR) is 169 cm³/mol. The lowest BCUT2D eigenvalue weighted by molar-refractivity contribution is -0.138. The zero-order valence-corrected chi connectivity index (χ0v) is 26.5. The Morgan fingerprint density at radius 2 is 1.89 bits per heavy atom. The number of nitrogens with zero attached hydrogens (tertiary/aromatic N) is 4. The number of pyridine rings is 1. The quantitative estimate of drug-likeness (QED) is 0.189. The first-order chi connectivity index (χ1) is 22.5. The van der Waals surface area contributed by atoms with Gasteiger partial charge in [-0.05, 0) is 55.8 Å². The van der Waals surface area contributed by atoms with Gasteiger partial charge in [0, 0.05) is 73.4 Å². The van der Waals surface area contributed by atoms with Gasteiger partial charge in [0.1, 0.15) is 11.6 Å². The van der Waals surface area contributed by atoms with Crippen molar-refractivity contribution in [3.63, 3.8) is 0 Å². The molecule has 1 atom stereocenters. The van der Waals surface area contributed by atoms with Crippen LogP contribution in [0.3, 0.4) is 0 Å². The molecule has 0 aliphatic carbocycles. The Kier molecular flexibility index (Phi) is 10.3. The van der Waals surface area contributed by atoms with Crippen LogP contribution in [-0.4, -0.2) is 70.5 Å². The van der Waals surface area contributed by atoms with Crippen LogP contribution in [-0.2, 0) is 12.6 Å². The molecule has 1 aliphatic rings. The van der Waals surface area contributed by atoms with E-state index in [4.69, 9.17) is 16.3 Å². The number of anilines is 1. The number of hydrogen-bond donors (Lipinski definition) is 2. The van der Waals surface area contributed by atoms with Crippen LogP contribution < -0.4 is 15.0 Å². The molecule has 2 N–H and O–H groups in total. The van der Waals surface area contributed by atoms with Crippen molar-refractivity contribution < 1.29 is 31.9 Å². The molecule has 2 aromatic heterocycles. The maximum Gasteiger partial charge on any atom is 0.417 e. The summed E-state index contributed by atoms with van der Waals surface area (Å²) in [5, 5.41) is 2.65. The number of piperazine rings is 1. The highest BCUT2D eigenvalue weighted by molar-refractivity contribution is 6.30. The van der Waals surface area contributed by atoms with E-state index in [1.54, 1.807) is 43.6 Å². The number of hydrogen-bond acceptors (Lipinski definition) is 6. The average molecular weight is 673 g/mol. The van der Waals surface area contributed by atoms with Crippen LogP contribution in [0.5, 0.6) is 5.88 Å². The minimum atomic E-state index is -4.78. The van der Waals surface area contributed by atoms with E-state index >= 15 is 4.39 Å². The number of aromatic amines is 1. The van der Waals surface area contributed by atoms with E-state index in [-0.39, 0.29) is 48.2 Å². The number of amides is 2. The Morgan fingerprint density at radius 1 is 1.09 bits per heavy atom. The van der Waals surface area contributed by atoms with Gasteiger partial charge in [0.05, 0.1) is 29.0 Å². The Bertz CT molecular complexity index is 1730. The summed E-state index contributed by atoms with van der Waals surface area (Å²) in [5.74, 6) is -1.36. The van der Waals surface area contributed by atoms with Gasteiger partial charge in [-0.2, -0.15) is 13.2 Å². The predicted octanol–water partition coefficient (Wildman–Crippen LogP) is 6.40. The Morgan fingerprint density at radius 3 is 2.60 bits per heavy atom. The van der Waals surface area contributed by atoms with Crippen LogP contribution in [0.15, 0.2) is 61.1 Å². The third-order valence-electron chi connectivity index (χ3n) is 7.96. The van der Waals surface area contributed by atoms with Crippen LogP contribution in [0.4, 0.5) is 23.2 Å². The molecule has 3 heterocycles. The fraction of sp³-hybridized carbons (Fsp3) is 0.333. The topological polar surface area (TPSA) is 103 Å². The number of H-pyrrole nitrogens is 1. The highest BCUT2D eigenvalue weighted by atomic mass is 35.5. The van der Waals surface area contributed by atoms with Gasteiger partial charge in [-0.1, -0.05) is 18.5 Å². The maximum absolute atomic E-state index is 16.6. The molecule has 4 aromatic rings. The van der Waals surface area contributed by atoms with Gasteiger partial charge in [-0.15, -0.1) is 0 Å². The van der Waals surface area contributed by atoms with E-state index in [9.17, 15) is 22.8 Å². The Hall–Kier alpha value is -4.65. The minimum absolute atomic E-state index is 0.0370. The van der Waals surface area contributed by atoms with Crippen LogP contribution in [0, 0.1) is 5.82 Å². The zero-order chi connectivity index (χ0) is 33.7. The largest absolute Gasteiger partial charge is 0.478 e. The second-order valence-electron chi connectivity index (χ2n) is 10.8. The van der Waals surface area contributed by atoms with Crippen molar-refractivity contribution in [2.24, 2.45) is 0 Å². The molecule has 0 unspecified atom stereocenters. The van der Waals surface area contributed by atoms with Crippen molar-refractivity contribution >= 4 is 29.1 Å². The van der Waals surface area contributed by atoms with Crippen molar-refractivity contribution in [2.45, 2.75) is 38.9 Å². The second-order valence-corrected chi connectivity index (χ2v) is 11.3. The summed E-state index contributed by atoms with van der Waals surface area (Å²) in [6.07, 6.45) is 0.836. The molecule has 248 valence electrons. The normalized spacial score (nSPS) is 15.1. The van der Waals surface area contributed by atoms with Crippen molar-refractivity contribution in [3.8, 4) is 17.0 Å². The fourth-order valence-corrected chi connectivity index (χ4v) is 5.88. The SMILES string of the molecule is CCOc1ncccc1-c1ccc(N2CCN(C(=O)c3ccc(Cl)cc3C(F)(F)F)C[C@H]2CC)c(C(=O)NCCc2ncc[nH]2)c1F. The number of rotatable bonds is 10. The molecule has 0 saturated carbocycles. The summed E-state index contributed by atoms with van der Waals surface area (Å²) in [7, 11) is 0. The van der Waals surface area contributed by atoms with Crippen molar-refractivity contribution in [1.29, 1.82) is 0 Å². The number of imidazole rings is 1. The number of nitrogens with one attached hydrogen (secondary N) is 2. The van der Waals surface area contributed by atoms with Crippen molar-refractivity contribution in [2.75, 3.05) is 37.7 Å². The number of alkyl halides is 3. The first-order valence-electron chi connectivity index (χ1n) is 15.1. The zero-order valence-electron chi connectivity index (χ0n) is 25.7. The van der Waals surface area contributed by atoms with Gasteiger partial charge in [0.15, 0.2) is 0 Å². The van der Waals surface area contributed by atoms with Gasteiger partial charge in [-0.3, -0.25) is 9.59 Å². The minimum Gasteiger partial charge on any atom is -0.478 e. The van der Waals surface area contributed by atoms with Gasteiger partial charge >= 0.3 is 6.18 Å². The monoisotopic (exact) mass is 672 g/mol. The first-order valence-corrected chi connectivity index (χ1v) is 15.5. The van der Waals surface area contributed by atoms with Gasteiger partial charge < -0.3 is 24.8 Å². The van der Waals surface area contributed by atoms with E-state index in [2.05, 4.69) is 20.3 Å². The second kappa shape index (κ2) is 14.4. The van der Waals surface area contributed by atoms with E-state index in [0.29, 0.717) is 36.5 Å². The molecule has 0 radical (unpaired) electrons. The van der Waals surface area contributed by atoms with Crippen LogP contribution >= 0.6 is 11.6 Å². The highest BCUT2D eigenvalue weighted by Crippen LogP contribution is 2.38. The molecule has 2 amide bonds. The molecule has 0 bridgehead atoms. The van der Waals surface area contributed by atoms with Crippen molar-refractivity contribution in [3.05, 3.63) is 94.4 Å². The highest BCUT2D eigenvalue weighted by Gasteiger charge is 2.39. The molecular formula is C33H33ClF4N6O3. The number of carbonyl (C=O) groups excluding carboxylic acids is 2. The molecule has 0 spiro atoms. The molecule has 2 aromatic carbocycles. The van der Waals surface area contributed by atoms with Crippen LogP contribution in [0.1, 0.15) is 52.4 Å². The standard InChI is InChI=1S/C33H33ClF4N6O3/c1-3-21-19-43(32(46)24-8-7-20(34)18-25(24)33(36,37)38)16-17-44(21)26-10-9-22(23-6-5-12-42-31(23)47-4-2)29(35)28(26)30(45)41-13-11-27-39-14-15-40-27/h5-10,12,14-15,18,21H,3-4,11,13,16-17,19H2,1-2H3,(H,39,40)(H,41,45)/t21-/m1/s1. The number of aromatic nitrogens is 3. The molecule has 5 rings (SSSR count). The molecule has 1 aliphatic heterocycles. The summed E-state index contributed by atoms with van der Waals surface area (Å²) >= 11 is 5.82. The maximum atomic E-state index is 16.6. The third-order valence-corrected chi connectivity index (χ3v) is 8.19. The summed E-state index contributed by atoms with van der Waals surface area (Å²) in [6, 6.07) is 9.12. The van der Waals surface area contributed by atoms with Gasteiger partial charge in [0.2, 0.25) is 5.88 Å². The van der Waals surface area contributed by atoms with E-state index < -0.39 is 41.0 Å². The molecule has 1 fully saturated rings. The lowest BCUT2D eigenvalue weighted by atomic mass is 9.97. The lowest BCUT2D eigenvalue weighted by Crippen LogP contribution is -2.55. The van der Waals surface area contributed by atoms with Gasteiger partial charge in [-0.25, -0.2) is 14.4 Å². The van der Waals surface area contributed by atoms with E-state index in [1.807, 2.05) is 11.8 Å². The molecule has 1 saturated heterocycles. The summed E-state index contributed by atoms with van der Waals surface area (Å²) in [4.78, 5) is 41.7. The number of ether oxygens (including phenoxy) is 1. The van der Waals surface area contributed by atoms with Crippen LogP contribution in [0.2, 0.25) is 5.02 Å².